The van der Waals surface area contributed by atoms with Crippen LogP contribution in [0.15, 0.2) is 0 Å². The van der Waals surface area contributed by atoms with Gasteiger partial charge in [-0.05, 0) is 30.1 Å². The van der Waals surface area contributed by atoms with Crippen LogP contribution in [0.2, 0.25) is 0 Å². The highest BCUT2D eigenvalue weighted by Gasteiger charge is 2.27. The minimum atomic E-state index is -0.127. The van der Waals surface area contributed by atoms with Crippen molar-refractivity contribution in [3.8, 4) is 0 Å². The van der Waals surface area contributed by atoms with Gasteiger partial charge in [0.1, 0.15) is 0 Å². The lowest BCUT2D eigenvalue weighted by atomic mass is 9.73. The molecule has 1 heteroatoms. The molecule has 0 saturated carbocycles. The van der Waals surface area contributed by atoms with E-state index < -0.39 is 0 Å². The Kier molecular flexibility index (Phi) is 4.44. The van der Waals surface area contributed by atoms with Gasteiger partial charge in [-0.25, -0.2) is 0 Å². The molecule has 0 rings (SSSR count). The molecule has 0 amide bonds. The second-order valence-electron chi connectivity index (χ2n) is 6.17. The first kappa shape index (κ1) is 13.0. The highest BCUT2D eigenvalue weighted by Crippen LogP contribution is 2.36. The molecule has 0 radical (unpaired) electrons. The molecule has 0 bridgehead atoms. The third kappa shape index (κ3) is 7.06. The van der Waals surface area contributed by atoms with E-state index in [0.29, 0.717) is 5.41 Å². The number of aliphatic hydroxyl groups excluding tert-OH is 1. The van der Waals surface area contributed by atoms with Gasteiger partial charge in [-0.15, -0.1) is 0 Å². The van der Waals surface area contributed by atoms with Crippen LogP contribution in [0.3, 0.4) is 0 Å². The first-order chi connectivity index (χ1) is 5.66. The van der Waals surface area contributed by atoms with Crippen molar-refractivity contribution in [2.75, 3.05) is 0 Å². The molecule has 1 atom stereocenters. The summed E-state index contributed by atoms with van der Waals surface area (Å²) in [7, 11) is 0. The normalized spacial score (nSPS) is 15.9. The molecule has 0 spiro atoms. The van der Waals surface area contributed by atoms with E-state index in [1.807, 2.05) is 6.92 Å². The molecule has 0 aromatic carbocycles. The smallest absolute Gasteiger partial charge is 0.0542 e. The van der Waals surface area contributed by atoms with E-state index in [9.17, 15) is 5.11 Å². The van der Waals surface area contributed by atoms with Crippen molar-refractivity contribution >= 4 is 0 Å². The quantitative estimate of drug-likeness (QED) is 0.711. The van der Waals surface area contributed by atoms with Crippen LogP contribution in [0.1, 0.15) is 60.8 Å². The molecule has 0 aromatic rings. The zero-order valence-electron chi connectivity index (χ0n) is 10.1. The lowest BCUT2D eigenvalue weighted by molar-refractivity contribution is 0.0862. The molecule has 13 heavy (non-hydrogen) atoms. The van der Waals surface area contributed by atoms with Crippen LogP contribution in [0, 0.1) is 10.8 Å². The fourth-order valence-corrected chi connectivity index (χ4v) is 2.29. The van der Waals surface area contributed by atoms with Gasteiger partial charge in [0.15, 0.2) is 0 Å². The number of rotatable bonds is 4. The van der Waals surface area contributed by atoms with Gasteiger partial charge in [0.05, 0.1) is 6.10 Å². The van der Waals surface area contributed by atoms with Gasteiger partial charge in [0, 0.05) is 0 Å². The fraction of sp³-hybridized carbons (Fsp3) is 1.00. The Hall–Kier alpha value is -0.0400. The largest absolute Gasteiger partial charge is 0.393 e. The Bertz CT molecular complexity index is 142. The number of hydrogen-bond acceptors (Lipinski definition) is 1. The van der Waals surface area contributed by atoms with Crippen LogP contribution in [-0.2, 0) is 0 Å². The first-order valence-corrected chi connectivity index (χ1v) is 5.34. The van der Waals surface area contributed by atoms with Gasteiger partial charge >= 0.3 is 0 Å². The Balaban J connectivity index is 4.08. The minimum absolute atomic E-state index is 0.127. The molecular formula is C12H26O. The highest BCUT2D eigenvalue weighted by molar-refractivity contribution is 4.78. The van der Waals surface area contributed by atoms with Crippen molar-refractivity contribution in [3.63, 3.8) is 0 Å². The monoisotopic (exact) mass is 186 g/mol. The predicted octanol–water partition coefficient (Wildman–Crippen LogP) is 3.61. The van der Waals surface area contributed by atoms with Gasteiger partial charge in [-0.1, -0.05) is 41.5 Å². The van der Waals surface area contributed by atoms with Gasteiger partial charge < -0.3 is 5.11 Å². The summed E-state index contributed by atoms with van der Waals surface area (Å²) in [6, 6.07) is 0. The predicted molar refractivity (Wildman–Crippen MR) is 58.8 cm³/mol. The summed E-state index contributed by atoms with van der Waals surface area (Å²) in [5.74, 6) is 0. The van der Waals surface area contributed by atoms with Gasteiger partial charge in [0.25, 0.3) is 0 Å². The molecule has 0 aliphatic heterocycles. The molecule has 80 valence electrons. The third-order valence-corrected chi connectivity index (χ3v) is 2.27. The van der Waals surface area contributed by atoms with E-state index >= 15 is 0 Å². The summed E-state index contributed by atoms with van der Waals surface area (Å²) in [6.07, 6.45) is 2.82. The van der Waals surface area contributed by atoms with Gasteiger partial charge in [-0.2, -0.15) is 0 Å². The van der Waals surface area contributed by atoms with Crippen LogP contribution in [0.4, 0.5) is 0 Å². The standard InChI is InChI=1S/C12H26O/c1-7-10(13)8-12(5,6)9-11(2,3)4/h10,13H,7-9H2,1-6H3. The Morgan fingerprint density at radius 1 is 1.08 bits per heavy atom. The molecule has 1 N–H and O–H groups in total. The number of aliphatic hydroxyl groups is 1. The molecular weight excluding hydrogens is 160 g/mol. The Labute approximate surface area is 83.5 Å². The average Bonchev–Trinajstić information content (AvgIpc) is 1.80. The van der Waals surface area contributed by atoms with E-state index in [2.05, 4.69) is 34.6 Å². The third-order valence-electron chi connectivity index (χ3n) is 2.27. The molecule has 0 aromatic heterocycles. The fourth-order valence-electron chi connectivity index (χ4n) is 2.29. The molecule has 0 fully saturated rings. The second kappa shape index (κ2) is 4.45. The van der Waals surface area contributed by atoms with E-state index in [0.717, 1.165) is 19.3 Å². The zero-order valence-corrected chi connectivity index (χ0v) is 10.1. The topological polar surface area (TPSA) is 20.2 Å². The van der Waals surface area contributed by atoms with Gasteiger partial charge in [0.2, 0.25) is 0 Å². The van der Waals surface area contributed by atoms with Crippen LogP contribution in [0.5, 0.6) is 0 Å². The van der Waals surface area contributed by atoms with E-state index in [-0.39, 0.29) is 11.5 Å². The first-order valence-electron chi connectivity index (χ1n) is 5.34. The Morgan fingerprint density at radius 2 is 1.54 bits per heavy atom. The van der Waals surface area contributed by atoms with Crippen molar-refractivity contribution in [2.24, 2.45) is 10.8 Å². The van der Waals surface area contributed by atoms with E-state index in [1.54, 1.807) is 0 Å². The van der Waals surface area contributed by atoms with Crippen LogP contribution < -0.4 is 0 Å². The lowest BCUT2D eigenvalue weighted by Gasteiger charge is -2.33. The minimum Gasteiger partial charge on any atom is -0.393 e. The SMILES string of the molecule is CCC(O)CC(C)(C)CC(C)(C)C. The average molecular weight is 186 g/mol. The van der Waals surface area contributed by atoms with Crippen LogP contribution in [0.25, 0.3) is 0 Å². The zero-order chi connectivity index (χ0) is 10.7. The van der Waals surface area contributed by atoms with Crippen LogP contribution in [-0.4, -0.2) is 11.2 Å². The van der Waals surface area contributed by atoms with Crippen molar-refractivity contribution in [1.82, 2.24) is 0 Å². The molecule has 0 aliphatic rings. The molecule has 0 saturated heterocycles. The molecule has 1 nitrogen and oxygen atoms in total. The summed E-state index contributed by atoms with van der Waals surface area (Å²) in [5.41, 5.74) is 0.616. The summed E-state index contributed by atoms with van der Waals surface area (Å²) in [4.78, 5) is 0. The van der Waals surface area contributed by atoms with Crippen molar-refractivity contribution in [2.45, 2.75) is 66.9 Å². The van der Waals surface area contributed by atoms with Crippen LogP contribution >= 0.6 is 0 Å². The maximum absolute atomic E-state index is 9.59. The second-order valence-corrected chi connectivity index (χ2v) is 6.17. The summed E-state index contributed by atoms with van der Waals surface area (Å²) >= 11 is 0. The highest BCUT2D eigenvalue weighted by atomic mass is 16.3. The van der Waals surface area contributed by atoms with Crippen molar-refractivity contribution in [3.05, 3.63) is 0 Å². The molecule has 0 heterocycles. The summed E-state index contributed by atoms with van der Waals surface area (Å²) in [5, 5.41) is 9.59. The molecule has 1 unspecified atom stereocenters. The Morgan fingerprint density at radius 3 is 1.85 bits per heavy atom. The maximum Gasteiger partial charge on any atom is 0.0542 e. The number of hydrogen-bond donors (Lipinski definition) is 1. The van der Waals surface area contributed by atoms with Crippen molar-refractivity contribution in [1.29, 1.82) is 0 Å². The van der Waals surface area contributed by atoms with Crippen molar-refractivity contribution < 1.29 is 5.11 Å². The summed E-state index contributed by atoms with van der Waals surface area (Å²) < 4.78 is 0. The lowest BCUT2D eigenvalue weighted by Crippen LogP contribution is -2.25. The summed E-state index contributed by atoms with van der Waals surface area (Å²) in [6.45, 7) is 13.3. The maximum atomic E-state index is 9.59. The molecule has 0 aliphatic carbocycles. The van der Waals surface area contributed by atoms with E-state index in [4.69, 9.17) is 0 Å². The van der Waals surface area contributed by atoms with E-state index in [1.165, 1.54) is 0 Å². The van der Waals surface area contributed by atoms with Gasteiger partial charge in [-0.3, -0.25) is 0 Å².